The topological polar surface area (TPSA) is 68.0 Å². The molecule has 0 bridgehead atoms. The lowest BCUT2D eigenvalue weighted by Gasteiger charge is -2.34. The van der Waals surface area contributed by atoms with Crippen LogP contribution in [0.4, 0.5) is 0 Å². The van der Waals surface area contributed by atoms with Gasteiger partial charge in [0.05, 0.1) is 10.6 Å². The Kier molecular flexibility index (Phi) is 4.66. The SMILES string of the molecule is CCc1noc(C2(NC(=O)c3ccccc3Cl)CCCCC2)n1. The van der Waals surface area contributed by atoms with Crippen LogP contribution in [0.1, 0.15) is 61.1 Å². The summed E-state index contributed by atoms with van der Waals surface area (Å²) in [5.74, 6) is 0.972. The molecule has 0 aliphatic heterocycles. The fourth-order valence-electron chi connectivity index (χ4n) is 3.07. The molecule has 1 aliphatic rings. The molecule has 0 atom stereocenters. The van der Waals surface area contributed by atoms with Crippen molar-refractivity contribution in [1.29, 1.82) is 0 Å². The molecule has 2 aromatic rings. The molecule has 1 N–H and O–H groups in total. The third-order valence-electron chi connectivity index (χ3n) is 4.37. The Morgan fingerprint density at radius 3 is 2.70 bits per heavy atom. The van der Waals surface area contributed by atoms with Crippen LogP contribution in [0.2, 0.25) is 5.02 Å². The second kappa shape index (κ2) is 6.71. The van der Waals surface area contributed by atoms with Gasteiger partial charge in [-0.25, -0.2) is 0 Å². The molecular weight excluding hydrogens is 314 g/mol. The van der Waals surface area contributed by atoms with Gasteiger partial charge in [-0.1, -0.05) is 55.1 Å². The Bertz CT molecular complexity index is 693. The summed E-state index contributed by atoms with van der Waals surface area (Å²) in [6.07, 6.45) is 5.50. The van der Waals surface area contributed by atoms with Crippen molar-refractivity contribution in [2.75, 3.05) is 0 Å². The third-order valence-corrected chi connectivity index (χ3v) is 4.70. The lowest BCUT2D eigenvalue weighted by atomic mass is 9.81. The molecule has 5 nitrogen and oxygen atoms in total. The summed E-state index contributed by atoms with van der Waals surface area (Å²) >= 11 is 6.14. The van der Waals surface area contributed by atoms with Crippen LogP contribution >= 0.6 is 11.6 Å². The lowest BCUT2D eigenvalue weighted by Crippen LogP contribution is -2.47. The van der Waals surface area contributed by atoms with E-state index in [1.807, 2.05) is 6.92 Å². The van der Waals surface area contributed by atoms with Crippen molar-refractivity contribution < 1.29 is 9.32 Å². The summed E-state index contributed by atoms with van der Waals surface area (Å²) in [6.45, 7) is 1.98. The highest BCUT2D eigenvalue weighted by molar-refractivity contribution is 6.33. The van der Waals surface area contributed by atoms with Gasteiger partial charge < -0.3 is 9.84 Å². The fraction of sp³-hybridized carbons (Fsp3) is 0.471. The minimum absolute atomic E-state index is 0.200. The van der Waals surface area contributed by atoms with Crippen molar-refractivity contribution in [3.63, 3.8) is 0 Å². The van der Waals surface area contributed by atoms with Gasteiger partial charge in [0.25, 0.3) is 11.8 Å². The molecule has 0 spiro atoms. The van der Waals surface area contributed by atoms with Crippen molar-refractivity contribution >= 4 is 17.5 Å². The number of halogens is 1. The highest BCUT2D eigenvalue weighted by atomic mass is 35.5. The van der Waals surface area contributed by atoms with E-state index < -0.39 is 5.54 Å². The van der Waals surface area contributed by atoms with Gasteiger partial charge in [0.1, 0.15) is 5.54 Å². The molecule has 23 heavy (non-hydrogen) atoms. The predicted molar refractivity (Wildman–Crippen MR) is 87.4 cm³/mol. The molecule has 1 heterocycles. The zero-order valence-electron chi connectivity index (χ0n) is 13.1. The zero-order chi connectivity index (χ0) is 16.3. The predicted octanol–water partition coefficient (Wildman–Crippen LogP) is 3.87. The Labute approximate surface area is 140 Å². The van der Waals surface area contributed by atoms with Crippen LogP contribution < -0.4 is 5.32 Å². The summed E-state index contributed by atoms with van der Waals surface area (Å²) in [5, 5.41) is 7.55. The van der Waals surface area contributed by atoms with Crippen LogP contribution in [0.15, 0.2) is 28.8 Å². The number of aryl methyl sites for hydroxylation is 1. The van der Waals surface area contributed by atoms with Crippen molar-refractivity contribution in [1.82, 2.24) is 15.5 Å². The minimum Gasteiger partial charge on any atom is -0.338 e. The summed E-state index contributed by atoms with van der Waals surface area (Å²) in [6, 6.07) is 7.04. The number of amides is 1. The van der Waals surface area contributed by atoms with E-state index in [1.165, 1.54) is 0 Å². The van der Waals surface area contributed by atoms with Crippen LogP contribution in [-0.4, -0.2) is 16.0 Å². The van der Waals surface area contributed by atoms with Gasteiger partial charge in [-0.15, -0.1) is 0 Å². The van der Waals surface area contributed by atoms with Crippen LogP contribution in [0.25, 0.3) is 0 Å². The molecule has 3 rings (SSSR count). The standard InChI is InChI=1S/C17H20ClN3O2/c1-2-14-19-16(23-21-14)17(10-6-3-7-11-17)20-15(22)12-8-4-5-9-13(12)18/h4-5,8-9H,2-3,6-7,10-11H2,1H3,(H,20,22). The van der Waals surface area contributed by atoms with Crippen molar-refractivity contribution in [3.8, 4) is 0 Å². The number of carbonyl (C=O) groups is 1. The van der Waals surface area contributed by atoms with E-state index in [9.17, 15) is 4.79 Å². The first kappa shape index (κ1) is 16.0. The quantitative estimate of drug-likeness (QED) is 0.922. The maximum Gasteiger partial charge on any atom is 0.253 e. The first-order valence-electron chi connectivity index (χ1n) is 8.05. The lowest BCUT2D eigenvalue weighted by molar-refractivity contribution is 0.0825. The summed E-state index contributed by atoms with van der Waals surface area (Å²) in [5.41, 5.74) is -0.121. The Hall–Kier alpha value is -1.88. The normalized spacial score (nSPS) is 17.0. The van der Waals surface area contributed by atoms with E-state index in [0.717, 1.165) is 32.1 Å². The minimum atomic E-state index is -0.588. The molecule has 0 radical (unpaired) electrons. The summed E-state index contributed by atoms with van der Waals surface area (Å²) in [4.78, 5) is 17.2. The number of carbonyl (C=O) groups excluding carboxylic acids is 1. The van der Waals surface area contributed by atoms with E-state index in [4.69, 9.17) is 16.1 Å². The van der Waals surface area contributed by atoms with Gasteiger partial charge in [0.2, 0.25) is 0 Å². The average molecular weight is 334 g/mol. The number of hydrogen-bond acceptors (Lipinski definition) is 4. The number of nitrogens with zero attached hydrogens (tertiary/aromatic N) is 2. The highest BCUT2D eigenvalue weighted by Crippen LogP contribution is 2.37. The van der Waals surface area contributed by atoms with Crippen molar-refractivity contribution in [2.45, 2.75) is 51.0 Å². The van der Waals surface area contributed by atoms with Gasteiger partial charge in [-0.3, -0.25) is 4.79 Å². The van der Waals surface area contributed by atoms with Crippen molar-refractivity contribution in [3.05, 3.63) is 46.6 Å². The third kappa shape index (κ3) is 3.24. The fourth-order valence-corrected chi connectivity index (χ4v) is 3.29. The number of benzene rings is 1. The van der Waals surface area contributed by atoms with Crippen LogP contribution in [0.3, 0.4) is 0 Å². The van der Waals surface area contributed by atoms with Gasteiger partial charge in [-0.05, 0) is 25.0 Å². The van der Waals surface area contributed by atoms with Gasteiger partial charge in [0, 0.05) is 6.42 Å². The van der Waals surface area contributed by atoms with Gasteiger partial charge >= 0.3 is 0 Å². The Morgan fingerprint density at radius 1 is 1.30 bits per heavy atom. The molecule has 1 fully saturated rings. The smallest absolute Gasteiger partial charge is 0.253 e. The Morgan fingerprint density at radius 2 is 2.04 bits per heavy atom. The molecular formula is C17H20ClN3O2. The second-order valence-corrected chi connectivity index (χ2v) is 6.35. The van der Waals surface area contributed by atoms with E-state index >= 15 is 0 Å². The maximum absolute atomic E-state index is 12.7. The second-order valence-electron chi connectivity index (χ2n) is 5.95. The number of rotatable bonds is 4. The molecule has 122 valence electrons. The average Bonchev–Trinajstić information content (AvgIpc) is 3.06. The maximum atomic E-state index is 12.7. The summed E-state index contributed by atoms with van der Waals surface area (Å²) < 4.78 is 5.46. The van der Waals surface area contributed by atoms with Crippen LogP contribution in [0, 0.1) is 0 Å². The number of aromatic nitrogens is 2. The number of hydrogen-bond donors (Lipinski definition) is 1. The summed E-state index contributed by atoms with van der Waals surface area (Å²) in [7, 11) is 0. The van der Waals surface area contributed by atoms with Gasteiger partial charge in [0.15, 0.2) is 5.82 Å². The largest absolute Gasteiger partial charge is 0.338 e. The monoisotopic (exact) mass is 333 g/mol. The van der Waals surface area contributed by atoms with E-state index in [0.29, 0.717) is 28.7 Å². The molecule has 1 aliphatic carbocycles. The molecule has 1 aromatic heterocycles. The van der Waals surface area contributed by atoms with Crippen LogP contribution in [0.5, 0.6) is 0 Å². The molecule has 1 saturated carbocycles. The first-order valence-corrected chi connectivity index (χ1v) is 8.42. The number of nitrogens with one attached hydrogen (secondary N) is 1. The van der Waals surface area contributed by atoms with E-state index in [1.54, 1.807) is 24.3 Å². The molecule has 6 heteroatoms. The molecule has 1 amide bonds. The molecule has 0 saturated heterocycles. The first-order chi connectivity index (χ1) is 11.1. The zero-order valence-corrected chi connectivity index (χ0v) is 13.9. The van der Waals surface area contributed by atoms with Crippen LogP contribution in [-0.2, 0) is 12.0 Å². The van der Waals surface area contributed by atoms with Gasteiger partial charge in [-0.2, -0.15) is 4.98 Å². The highest BCUT2D eigenvalue weighted by Gasteiger charge is 2.41. The van der Waals surface area contributed by atoms with E-state index in [2.05, 4.69) is 15.5 Å². The molecule has 1 aromatic carbocycles. The van der Waals surface area contributed by atoms with E-state index in [-0.39, 0.29) is 5.91 Å². The van der Waals surface area contributed by atoms with Crippen molar-refractivity contribution in [2.24, 2.45) is 0 Å². The Balaban J connectivity index is 1.90. The molecule has 0 unspecified atom stereocenters.